The van der Waals surface area contributed by atoms with Crippen molar-refractivity contribution < 1.29 is 4.79 Å². The zero-order chi connectivity index (χ0) is 10.7. The summed E-state index contributed by atoms with van der Waals surface area (Å²) in [4.78, 5) is 12.2. The summed E-state index contributed by atoms with van der Waals surface area (Å²) in [5, 5.41) is 12.7. The van der Waals surface area contributed by atoms with Crippen LogP contribution in [0.15, 0.2) is 6.20 Å². The molecule has 0 radical (unpaired) electrons. The van der Waals surface area contributed by atoms with Crippen molar-refractivity contribution in [2.45, 2.75) is 36.6 Å². The summed E-state index contributed by atoms with van der Waals surface area (Å²) in [7, 11) is 0. The van der Waals surface area contributed by atoms with Crippen LogP contribution in [0.2, 0.25) is 0 Å². The van der Waals surface area contributed by atoms with E-state index >= 15 is 0 Å². The van der Waals surface area contributed by atoms with Crippen molar-refractivity contribution in [1.29, 1.82) is 0 Å². The van der Waals surface area contributed by atoms with Crippen molar-refractivity contribution in [3.05, 3.63) is 11.9 Å². The lowest BCUT2D eigenvalue weighted by Gasteiger charge is -2.25. The highest BCUT2D eigenvalue weighted by molar-refractivity contribution is 9.09. The normalized spacial score (nSPS) is 26.2. The lowest BCUT2D eigenvalue weighted by Crippen LogP contribution is -2.37. The Morgan fingerprint density at radius 1 is 1.47 bits per heavy atom. The highest BCUT2D eigenvalue weighted by atomic mass is 79.9. The minimum absolute atomic E-state index is 0.137. The van der Waals surface area contributed by atoms with E-state index in [1.807, 2.05) is 0 Å². The quantitative estimate of drug-likeness (QED) is 0.796. The van der Waals surface area contributed by atoms with Gasteiger partial charge in [0.05, 0.1) is 6.20 Å². The Morgan fingerprint density at radius 3 is 2.80 bits per heavy atom. The van der Waals surface area contributed by atoms with E-state index in [-0.39, 0.29) is 11.9 Å². The van der Waals surface area contributed by atoms with E-state index in [0.29, 0.717) is 10.5 Å². The van der Waals surface area contributed by atoms with Crippen molar-refractivity contribution in [2.24, 2.45) is 0 Å². The Bertz CT molecular complexity index is 319. The van der Waals surface area contributed by atoms with Gasteiger partial charge in [-0.2, -0.15) is 15.4 Å². The molecule has 0 aromatic carbocycles. The second kappa shape index (κ2) is 4.74. The molecule has 0 unspecified atom stereocenters. The molecule has 1 aromatic heterocycles. The summed E-state index contributed by atoms with van der Waals surface area (Å²) < 4.78 is 0. The van der Waals surface area contributed by atoms with E-state index in [0.717, 1.165) is 25.7 Å². The fourth-order valence-electron chi connectivity index (χ4n) is 1.77. The minimum atomic E-state index is -0.137. The number of aromatic amines is 1. The molecule has 2 rings (SSSR count). The van der Waals surface area contributed by atoms with Crippen molar-refractivity contribution in [3.63, 3.8) is 0 Å². The smallest absolute Gasteiger partial charge is 0.273 e. The summed E-state index contributed by atoms with van der Waals surface area (Å²) in [5.74, 6) is -0.137. The van der Waals surface area contributed by atoms with Gasteiger partial charge in [0.2, 0.25) is 0 Å². The maximum atomic E-state index is 11.6. The van der Waals surface area contributed by atoms with Crippen LogP contribution >= 0.6 is 15.9 Å². The summed E-state index contributed by atoms with van der Waals surface area (Å²) in [5.41, 5.74) is 0.357. The van der Waals surface area contributed by atoms with Gasteiger partial charge in [-0.3, -0.25) is 4.79 Å². The number of rotatable bonds is 2. The molecule has 1 aliphatic carbocycles. The number of carbonyl (C=O) groups is 1. The number of aromatic nitrogens is 3. The topological polar surface area (TPSA) is 70.7 Å². The molecule has 15 heavy (non-hydrogen) atoms. The maximum Gasteiger partial charge on any atom is 0.273 e. The zero-order valence-corrected chi connectivity index (χ0v) is 9.83. The Balaban J connectivity index is 1.85. The van der Waals surface area contributed by atoms with Crippen LogP contribution in [0.4, 0.5) is 0 Å². The zero-order valence-electron chi connectivity index (χ0n) is 8.24. The van der Waals surface area contributed by atoms with Gasteiger partial charge in [-0.15, -0.1) is 0 Å². The average Bonchev–Trinajstić information content (AvgIpc) is 2.74. The molecule has 1 heterocycles. The van der Waals surface area contributed by atoms with Crippen LogP contribution in [0.3, 0.4) is 0 Å². The molecule has 6 heteroatoms. The Kier molecular flexibility index (Phi) is 3.35. The Labute approximate surface area is 96.1 Å². The average molecular weight is 273 g/mol. The molecule has 0 spiro atoms. The van der Waals surface area contributed by atoms with E-state index < -0.39 is 0 Å². The lowest BCUT2D eigenvalue weighted by atomic mass is 9.95. The molecular formula is C9H13BrN4O. The van der Waals surface area contributed by atoms with Crippen molar-refractivity contribution in [1.82, 2.24) is 20.7 Å². The predicted molar refractivity (Wildman–Crippen MR) is 58.8 cm³/mol. The molecular weight excluding hydrogens is 260 g/mol. The van der Waals surface area contributed by atoms with E-state index in [4.69, 9.17) is 0 Å². The monoisotopic (exact) mass is 272 g/mol. The third kappa shape index (κ3) is 2.77. The van der Waals surface area contributed by atoms with Crippen LogP contribution in [-0.2, 0) is 0 Å². The first-order valence-electron chi connectivity index (χ1n) is 5.06. The summed E-state index contributed by atoms with van der Waals surface area (Å²) in [6.07, 6.45) is 5.72. The van der Waals surface area contributed by atoms with Crippen molar-refractivity contribution >= 4 is 21.8 Å². The number of hydrogen-bond acceptors (Lipinski definition) is 3. The summed E-state index contributed by atoms with van der Waals surface area (Å²) in [6, 6.07) is 0.281. The van der Waals surface area contributed by atoms with Crippen molar-refractivity contribution in [2.75, 3.05) is 0 Å². The molecule has 0 atom stereocenters. The largest absolute Gasteiger partial charge is 0.348 e. The van der Waals surface area contributed by atoms with Crippen LogP contribution in [0.1, 0.15) is 36.2 Å². The molecule has 1 amide bonds. The molecule has 0 saturated heterocycles. The van der Waals surface area contributed by atoms with Gasteiger partial charge in [-0.1, -0.05) is 15.9 Å². The van der Waals surface area contributed by atoms with Crippen LogP contribution < -0.4 is 5.32 Å². The second-order valence-electron chi connectivity index (χ2n) is 3.78. The number of carbonyl (C=O) groups excluding carboxylic acids is 1. The van der Waals surface area contributed by atoms with Gasteiger partial charge < -0.3 is 5.32 Å². The van der Waals surface area contributed by atoms with E-state index in [2.05, 4.69) is 36.7 Å². The van der Waals surface area contributed by atoms with Crippen LogP contribution in [0.25, 0.3) is 0 Å². The molecule has 5 nitrogen and oxygen atoms in total. The van der Waals surface area contributed by atoms with Crippen LogP contribution in [0.5, 0.6) is 0 Å². The number of amides is 1. The molecule has 1 fully saturated rings. The number of alkyl halides is 1. The number of nitrogens with zero attached hydrogens (tertiary/aromatic N) is 2. The molecule has 1 aromatic rings. The number of halogens is 1. The third-order valence-corrected chi connectivity index (χ3v) is 3.56. The molecule has 1 saturated carbocycles. The van der Waals surface area contributed by atoms with E-state index in [1.165, 1.54) is 6.20 Å². The molecule has 0 aliphatic heterocycles. The van der Waals surface area contributed by atoms with Crippen LogP contribution in [-0.4, -0.2) is 32.2 Å². The van der Waals surface area contributed by atoms with Gasteiger partial charge in [-0.05, 0) is 25.7 Å². The molecule has 1 aliphatic rings. The van der Waals surface area contributed by atoms with Gasteiger partial charge in [0, 0.05) is 10.9 Å². The minimum Gasteiger partial charge on any atom is -0.348 e. The molecule has 2 N–H and O–H groups in total. The first-order valence-corrected chi connectivity index (χ1v) is 5.98. The number of hydrogen-bond donors (Lipinski definition) is 2. The molecule has 0 bridgehead atoms. The summed E-state index contributed by atoms with van der Waals surface area (Å²) >= 11 is 3.58. The van der Waals surface area contributed by atoms with Gasteiger partial charge in [-0.25, -0.2) is 0 Å². The lowest BCUT2D eigenvalue weighted by molar-refractivity contribution is 0.0923. The Hall–Kier alpha value is -0.910. The SMILES string of the molecule is O=C(NC1CCC(Br)CC1)c1cn[nH]n1. The third-order valence-electron chi connectivity index (χ3n) is 2.64. The first kappa shape index (κ1) is 10.6. The van der Waals surface area contributed by atoms with Crippen molar-refractivity contribution in [3.8, 4) is 0 Å². The highest BCUT2D eigenvalue weighted by Crippen LogP contribution is 2.24. The molecule has 82 valence electrons. The standard InChI is InChI=1S/C9H13BrN4O/c10-6-1-3-7(4-2-6)12-9(15)8-5-11-14-13-8/h5-7H,1-4H2,(H,12,15)(H,11,13,14). The maximum absolute atomic E-state index is 11.6. The van der Waals surface area contributed by atoms with E-state index in [9.17, 15) is 4.79 Å². The van der Waals surface area contributed by atoms with Gasteiger partial charge in [0.15, 0.2) is 5.69 Å². The fraction of sp³-hybridized carbons (Fsp3) is 0.667. The van der Waals surface area contributed by atoms with Crippen LogP contribution in [0, 0.1) is 0 Å². The predicted octanol–water partition coefficient (Wildman–Crippen LogP) is 1.24. The first-order chi connectivity index (χ1) is 7.25. The fourth-order valence-corrected chi connectivity index (χ4v) is 2.30. The van der Waals surface area contributed by atoms with E-state index in [1.54, 1.807) is 0 Å². The van der Waals surface area contributed by atoms with Gasteiger partial charge in [0.25, 0.3) is 5.91 Å². The van der Waals surface area contributed by atoms with Gasteiger partial charge >= 0.3 is 0 Å². The number of nitrogens with one attached hydrogen (secondary N) is 2. The number of H-pyrrole nitrogens is 1. The van der Waals surface area contributed by atoms with Gasteiger partial charge in [0.1, 0.15) is 0 Å². The summed E-state index contributed by atoms with van der Waals surface area (Å²) in [6.45, 7) is 0. The second-order valence-corrected chi connectivity index (χ2v) is 5.07. The highest BCUT2D eigenvalue weighted by Gasteiger charge is 2.21. The Morgan fingerprint density at radius 2 is 2.20 bits per heavy atom.